The molecule has 0 aliphatic carbocycles. The molecule has 1 fully saturated rings. The van der Waals surface area contributed by atoms with Gasteiger partial charge >= 0.3 is 0 Å². The predicted octanol–water partition coefficient (Wildman–Crippen LogP) is 1.11. The van der Waals surface area contributed by atoms with Gasteiger partial charge in [0.1, 0.15) is 0 Å². The maximum Gasteiger partial charge on any atom is 0.170 e. The number of rotatable bonds is 0. The van der Waals surface area contributed by atoms with Gasteiger partial charge in [-0.2, -0.15) is 0 Å². The maximum atomic E-state index is 5.46. The van der Waals surface area contributed by atoms with Crippen LogP contribution in [0.25, 0.3) is 0 Å². The lowest BCUT2D eigenvalue weighted by atomic mass is 10.3. The van der Waals surface area contributed by atoms with E-state index in [2.05, 4.69) is 5.32 Å². The molecule has 0 aromatic heterocycles. The van der Waals surface area contributed by atoms with Crippen molar-refractivity contribution in [2.24, 2.45) is 0 Å². The van der Waals surface area contributed by atoms with Gasteiger partial charge in [-0.15, -0.1) is 0 Å². The second-order valence-corrected chi connectivity index (χ2v) is 2.87. The van der Waals surface area contributed by atoms with Crippen molar-refractivity contribution < 1.29 is 0 Å². The van der Waals surface area contributed by atoms with Gasteiger partial charge in [0.2, 0.25) is 0 Å². The van der Waals surface area contributed by atoms with Crippen LogP contribution >= 0.6 is 23.2 Å². The van der Waals surface area contributed by atoms with Crippen LogP contribution in [0.5, 0.6) is 0 Å². The molecule has 1 aliphatic rings. The fraction of sp³-hybridized carbons (Fsp3) is 1.00. The summed E-state index contributed by atoms with van der Waals surface area (Å²) in [4.78, 5) is 0. The molecule has 3 heteroatoms. The summed E-state index contributed by atoms with van der Waals surface area (Å²) in [5.41, 5.74) is 0. The highest BCUT2D eigenvalue weighted by atomic mass is 35.5. The van der Waals surface area contributed by atoms with Crippen molar-refractivity contribution in [2.75, 3.05) is 6.54 Å². The van der Waals surface area contributed by atoms with Gasteiger partial charge < -0.3 is 0 Å². The molecule has 0 aromatic carbocycles. The van der Waals surface area contributed by atoms with Crippen LogP contribution in [0.3, 0.4) is 0 Å². The van der Waals surface area contributed by atoms with Crippen LogP contribution in [-0.2, 0) is 0 Å². The van der Waals surface area contributed by atoms with E-state index < -0.39 is 4.46 Å². The average molecular weight is 126 g/mol. The first-order valence-corrected chi connectivity index (χ1v) is 2.59. The zero-order chi connectivity index (χ0) is 4.62. The van der Waals surface area contributed by atoms with Crippen LogP contribution in [0.15, 0.2) is 0 Å². The van der Waals surface area contributed by atoms with Crippen molar-refractivity contribution in [1.82, 2.24) is 5.32 Å². The highest BCUT2D eigenvalue weighted by molar-refractivity contribution is 6.48. The van der Waals surface area contributed by atoms with Gasteiger partial charge in [0, 0.05) is 13.0 Å². The van der Waals surface area contributed by atoms with Crippen molar-refractivity contribution in [3.8, 4) is 0 Å². The Bertz CT molecular complexity index is 55.8. The monoisotopic (exact) mass is 125 g/mol. The lowest BCUT2D eigenvalue weighted by Gasteiger charge is -2.30. The minimum Gasteiger partial charge on any atom is -0.286 e. The Kier molecular flexibility index (Phi) is 0.981. The molecule has 6 heavy (non-hydrogen) atoms. The summed E-state index contributed by atoms with van der Waals surface area (Å²) in [5.74, 6) is 0. The fourth-order valence-corrected chi connectivity index (χ4v) is 0.692. The van der Waals surface area contributed by atoms with E-state index in [1.807, 2.05) is 0 Å². The van der Waals surface area contributed by atoms with Crippen LogP contribution in [-0.4, -0.2) is 11.0 Å². The highest BCUT2D eigenvalue weighted by Gasteiger charge is 2.30. The Hall–Kier alpha value is 0.540. The predicted molar refractivity (Wildman–Crippen MR) is 27.1 cm³/mol. The Morgan fingerprint density at radius 2 is 1.83 bits per heavy atom. The molecule has 1 heterocycles. The largest absolute Gasteiger partial charge is 0.286 e. The first-order chi connectivity index (χ1) is 2.71. The molecule has 0 aromatic rings. The topological polar surface area (TPSA) is 12.0 Å². The molecule has 0 radical (unpaired) electrons. The third-order valence-electron chi connectivity index (χ3n) is 0.823. The van der Waals surface area contributed by atoms with Crippen LogP contribution in [0.2, 0.25) is 0 Å². The molecule has 1 nitrogen and oxygen atoms in total. The molecule has 36 valence electrons. The summed E-state index contributed by atoms with van der Waals surface area (Å²) in [5, 5.41) is 2.82. The Balaban J connectivity index is 2.31. The van der Waals surface area contributed by atoms with Gasteiger partial charge in [0.25, 0.3) is 0 Å². The van der Waals surface area contributed by atoms with E-state index in [0.717, 1.165) is 13.0 Å². The normalized spacial score (nSPS) is 29.0. The number of halogens is 2. The molecule has 0 saturated carbocycles. The van der Waals surface area contributed by atoms with E-state index in [0.29, 0.717) is 0 Å². The van der Waals surface area contributed by atoms with Crippen molar-refractivity contribution in [2.45, 2.75) is 10.9 Å². The van der Waals surface area contributed by atoms with Crippen LogP contribution in [0.1, 0.15) is 6.42 Å². The quantitative estimate of drug-likeness (QED) is 0.378. The zero-order valence-corrected chi connectivity index (χ0v) is 4.68. The summed E-state index contributed by atoms with van der Waals surface area (Å²) in [6, 6.07) is 0. The van der Waals surface area contributed by atoms with Crippen LogP contribution in [0.4, 0.5) is 0 Å². The van der Waals surface area contributed by atoms with E-state index in [1.165, 1.54) is 0 Å². The van der Waals surface area contributed by atoms with E-state index in [9.17, 15) is 0 Å². The molecule has 1 saturated heterocycles. The van der Waals surface area contributed by atoms with Gasteiger partial charge in [-0.25, -0.2) is 0 Å². The lowest BCUT2D eigenvalue weighted by molar-refractivity contribution is 0.430. The summed E-state index contributed by atoms with van der Waals surface area (Å²) >= 11 is 10.9. The molecule has 0 spiro atoms. The summed E-state index contributed by atoms with van der Waals surface area (Å²) in [6.45, 7) is 0.951. The van der Waals surface area contributed by atoms with E-state index in [-0.39, 0.29) is 0 Å². The number of hydrogen-bond donors (Lipinski definition) is 1. The second kappa shape index (κ2) is 1.25. The van der Waals surface area contributed by atoms with Crippen LogP contribution < -0.4 is 5.32 Å². The molecule has 0 atom stereocenters. The van der Waals surface area contributed by atoms with Gasteiger partial charge in [-0.05, 0) is 0 Å². The molecular formula is C3H5Cl2N. The van der Waals surface area contributed by atoms with Gasteiger partial charge in [0.15, 0.2) is 4.46 Å². The number of hydrogen-bond acceptors (Lipinski definition) is 1. The first-order valence-electron chi connectivity index (χ1n) is 1.84. The molecule has 0 unspecified atom stereocenters. The summed E-state index contributed by atoms with van der Waals surface area (Å²) in [7, 11) is 0. The number of nitrogens with one attached hydrogen (secondary N) is 1. The Morgan fingerprint density at radius 1 is 1.50 bits per heavy atom. The van der Waals surface area contributed by atoms with Crippen molar-refractivity contribution in [3.63, 3.8) is 0 Å². The molecule has 0 bridgehead atoms. The highest BCUT2D eigenvalue weighted by Crippen LogP contribution is 2.27. The van der Waals surface area contributed by atoms with Gasteiger partial charge in [0.05, 0.1) is 0 Å². The van der Waals surface area contributed by atoms with Crippen molar-refractivity contribution in [3.05, 3.63) is 0 Å². The smallest absolute Gasteiger partial charge is 0.170 e. The lowest BCUT2D eigenvalue weighted by Crippen LogP contribution is -2.47. The minimum atomic E-state index is -0.583. The molecule has 0 amide bonds. The minimum absolute atomic E-state index is 0.583. The molecule has 1 N–H and O–H groups in total. The van der Waals surface area contributed by atoms with E-state index >= 15 is 0 Å². The van der Waals surface area contributed by atoms with Gasteiger partial charge in [-0.3, -0.25) is 5.32 Å². The fourth-order valence-electron chi connectivity index (χ4n) is 0.314. The average Bonchev–Trinajstić information content (AvgIpc) is 1.32. The third-order valence-corrected chi connectivity index (χ3v) is 1.47. The van der Waals surface area contributed by atoms with E-state index in [1.54, 1.807) is 0 Å². The molecular weight excluding hydrogens is 121 g/mol. The van der Waals surface area contributed by atoms with Crippen molar-refractivity contribution in [1.29, 1.82) is 0 Å². The zero-order valence-electron chi connectivity index (χ0n) is 3.17. The molecule has 1 aliphatic heterocycles. The van der Waals surface area contributed by atoms with Gasteiger partial charge in [-0.1, -0.05) is 23.2 Å². The standard InChI is InChI=1S/C3H5Cl2N/c4-3(5)1-2-6-3/h6H,1-2H2. The Labute approximate surface area is 46.6 Å². The first kappa shape index (κ1) is 4.69. The number of alkyl halides is 2. The van der Waals surface area contributed by atoms with E-state index in [4.69, 9.17) is 23.2 Å². The third kappa shape index (κ3) is 0.780. The molecule has 1 rings (SSSR count). The van der Waals surface area contributed by atoms with Crippen LogP contribution in [0, 0.1) is 0 Å². The summed E-state index contributed by atoms with van der Waals surface area (Å²) < 4.78 is -0.583. The summed E-state index contributed by atoms with van der Waals surface area (Å²) in [6.07, 6.45) is 0.871. The van der Waals surface area contributed by atoms with Crippen molar-refractivity contribution >= 4 is 23.2 Å². The SMILES string of the molecule is ClC1(Cl)CCN1. The maximum absolute atomic E-state index is 5.46. The second-order valence-electron chi connectivity index (χ2n) is 1.38. The Morgan fingerprint density at radius 3 is 1.83 bits per heavy atom.